The van der Waals surface area contributed by atoms with E-state index in [2.05, 4.69) is 4.98 Å². The van der Waals surface area contributed by atoms with Crippen molar-refractivity contribution in [2.75, 3.05) is 13.7 Å². The summed E-state index contributed by atoms with van der Waals surface area (Å²) >= 11 is 1.37. The number of thiazole rings is 1. The third kappa shape index (κ3) is 5.04. The van der Waals surface area contributed by atoms with Gasteiger partial charge >= 0.3 is 5.97 Å². The van der Waals surface area contributed by atoms with Crippen LogP contribution >= 0.6 is 11.3 Å². The van der Waals surface area contributed by atoms with Crippen LogP contribution in [0.2, 0.25) is 0 Å². The highest BCUT2D eigenvalue weighted by atomic mass is 32.1. The maximum Gasteiger partial charge on any atom is 0.358 e. The van der Waals surface area contributed by atoms with E-state index in [4.69, 9.17) is 4.74 Å². The number of ether oxygens (including phenoxy) is 1. The molecule has 6 heteroatoms. The molecule has 2 aromatic carbocycles. The van der Waals surface area contributed by atoms with E-state index in [0.29, 0.717) is 6.54 Å². The molecule has 5 nitrogen and oxygen atoms in total. The Morgan fingerprint density at radius 1 is 1.00 bits per heavy atom. The number of benzene rings is 2. The maximum atomic E-state index is 12.2. The van der Waals surface area contributed by atoms with Gasteiger partial charge in [0.05, 0.1) is 0 Å². The van der Waals surface area contributed by atoms with Crippen molar-refractivity contribution >= 4 is 23.2 Å². The van der Waals surface area contributed by atoms with E-state index in [0.717, 1.165) is 21.7 Å². The van der Waals surface area contributed by atoms with Crippen LogP contribution in [0.1, 0.15) is 27.2 Å². The number of hydrogen-bond acceptors (Lipinski definition) is 5. The number of likely N-dealkylation sites (N-methyl/N-ethyl adjacent to an activating group) is 1. The molecule has 0 atom stereocenters. The lowest BCUT2D eigenvalue weighted by atomic mass is 10.1. The molecule has 0 aliphatic rings. The first-order chi connectivity index (χ1) is 13.4. The number of amides is 1. The van der Waals surface area contributed by atoms with Crippen molar-refractivity contribution in [3.8, 4) is 10.6 Å². The van der Waals surface area contributed by atoms with E-state index in [1.54, 1.807) is 12.4 Å². The summed E-state index contributed by atoms with van der Waals surface area (Å²) in [5.41, 5.74) is 4.52. The van der Waals surface area contributed by atoms with Gasteiger partial charge in [0, 0.05) is 24.5 Å². The van der Waals surface area contributed by atoms with E-state index in [1.807, 2.05) is 62.4 Å². The van der Waals surface area contributed by atoms with Crippen LogP contribution in [0.5, 0.6) is 0 Å². The molecule has 28 heavy (non-hydrogen) atoms. The normalized spacial score (nSPS) is 10.5. The van der Waals surface area contributed by atoms with Crippen LogP contribution in [0.3, 0.4) is 0 Å². The Labute approximate surface area is 168 Å². The number of nitrogens with zero attached hydrogens (tertiary/aromatic N) is 2. The summed E-state index contributed by atoms with van der Waals surface area (Å²) in [6.45, 7) is 4.19. The Hall–Kier alpha value is -2.99. The van der Waals surface area contributed by atoms with Crippen LogP contribution in [-0.2, 0) is 16.1 Å². The average Bonchev–Trinajstić information content (AvgIpc) is 3.18. The minimum absolute atomic E-state index is 0.217. The molecule has 0 saturated heterocycles. The molecule has 0 aliphatic carbocycles. The average molecular weight is 394 g/mol. The van der Waals surface area contributed by atoms with E-state index < -0.39 is 5.97 Å². The van der Waals surface area contributed by atoms with Gasteiger partial charge in [-0.25, -0.2) is 9.78 Å². The number of esters is 1. The van der Waals surface area contributed by atoms with Crippen LogP contribution in [-0.4, -0.2) is 35.4 Å². The zero-order valence-corrected chi connectivity index (χ0v) is 17.0. The van der Waals surface area contributed by atoms with E-state index in [1.165, 1.54) is 21.8 Å². The standard InChI is InChI=1S/C22H22N2O3S/c1-15-4-8-17(9-5-15)12-24(3)20(25)13-27-22(26)19-14-28-21(23-19)18-10-6-16(2)7-11-18/h4-11,14H,12-13H2,1-3H3. The first-order valence-corrected chi connectivity index (χ1v) is 9.79. The van der Waals surface area contributed by atoms with Gasteiger partial charge in [0.15, 0.2) is 12.3 Å². The Morgan fingerprint density at radius 3 is 2.25 bits per heavy atom. The van der Waals surface area contributed by atoms with Gasteiger partial charge in [-0.2, -0.15) is 0 Å². The highest BCUT2D eigenvalue weighted by Gasteiger charge is 2.17. The monoisotopic (exact) mass is 394 g/mol. The largest absolute Gasteiger partial charge is 0.451 e. The Morgan fingerprint density at radius 2 is 1.61 bits per heavy atom. The fourth-order valence-electron chi connectivity index (χ4n) is 2.56. The first kappa shape index (κ1) is 19.8. The minimum Gasteiger partial charge on any atom is -0.451 e. The van der Waals surface area contributed by atoms with Gasteiger partial charge in [-0.1, -0.05) is 59.7 Å². The summed E-state index contributed by atoms with van der Waals surface area (Å²) in [5, 5.41) is 2.40. The fourth-order valence-corrected chi connectivity index (χ4v) is 3.36. The summed E-state index contributed by atoms with van der Waals surface area (Å²) < 4.78 is 5.15. The lowest BCUT2D eigenvalue weighted by molar-refractivity contribution is -0.133. The quantitative estimate of drug-likeness (QED) is 0.587. The molecule has 0 N–H and O–H groups in total. The molecule has 0 radical (unpaired) electrons. The third-order valence-electron chi connectivity index (χ3n) is 4.30. The molecule has 1 amide bonds. The second-order valence-electron chi connectivity index (χ2n) is 6.72. The van der Waals surface area contributed by atoms with Crippen molar-refractivity contribution in [2.24, 2.45) is 0 Å². The number of aryl methyl sites for hydroxylation is 2. The molecule has 3 rings (SSSR count). The molecular weight excluding hydrogens is 372 g/mol. The first-order valence-electron chi connectivity index (χ1n) is 8.91. The van der Waals surface area contributed by atoms with Crippen LogP contribution in [0, 0.1) is 13.8 Å². The van der Waals surface area contributed by atoms with Gasteiger partial charge in [-0.05, 0) is 19.4 Å². The molecule has 0 spiro atoms. The van der Waals surface area contributed by atoms with E-state index >= 15 is 0 Å². The maximum absolute atomic E-state index is 12.2. The van der Waals surface area contributed by atoms with Crippen LogP contribution in [0.25, 0.3) is 10.6 Å². The predicted molar refractivity (Wildman–Crippen MR) is 110 cm³/mol. The van der Waals surface area contributed by atoms with Crippen molar-refractivity contribution < 1.29 is 14.3 Å². The summed E-state index contributed by atoms with van der Waals surface area (Å²) in [5.74, 6) is -0.852. The molecule has 0 fully saturated rings. The zero-order valence-electron chi connectivity index (χ0n) is 16.1. The summed E-state index contributed by atoms with van der Waals surface area (Å²) in [7, 11) is 1.69. The lowest BCUT2D eigenvalue weighted by Crippen LogP contribution is -2.30. The fraction of sp³-hybridized carbons (Fsp3) is 0.227. The lowest BCUT2D eigenvalue weighted by Gasteiger charge is -2.17. The van der Waals surface area contributed by atoms with Crippen LogP contribution in [0.4, 0.5) is 0 Å². The van der Waals surface area contributed by atoms with Crippen molar-refractivity contribution in [3.63, 3.8) is 0 Å². The molecule has 0 aliphatic heterocycles. The minimum atomic E-state index is -0.591. The van der Waals surface area contributed by atoms with Gasteiger partial charge in [-0.15, -0.1) is 11.3 Å². The number of carbonyl (C=O) groups excluding carboxylic acids is 2. The Kier molecular flexibility index (Phi) is 6.21. The molecule has 0 saturated carbocycles. The highest BCUT2D eigenvalue weighted by molar-refractivity contribution is 7.13. The smallest absolute Gasteiger partial charge is 0.358 e. The van der Waals surface area contributed by atoms with Gasteiger partial charge in [0.2, 0.25) is 0 Å². The molecule has 144 valence electrons. The second-order valence-corrected chi connectivity index (χ2v) is 7.57. The number of hydrogen-bond donors (Lipinski definition) is 0. The van der Waals surface area contributed by atoms with Gasteiger partial charge in [0.1, 0.15) is 5.01 Å². The van der Waals surface area contributed by atoms with Gasteiger partial charge in [-0.3, -0.25) is 4.79 Å². The Balaban J connectivity index is 1.54. The van der Waals surface area contributed by atoms with Crippen molar-refractivity contribution in [1.29, 1.82) is 0 Å². The van der Waals surface area contributed by atoms with Crippen molar-refractivity contribution in [1.82, 2.24) is 9.88 Å². The number of aromatic nitrogens is 1. The molecule has 1 aromatic heterocycles. The zero-order chi connectivity index (χ0) is 20.1. The van der Waals surface area contributed by atoms with Crippen molar-refractivity contribution in [3.05, 3.63) is 76.3 Å². The highest BCUT2D eigenvalue weighted by Crippen LogP contribution is 2.24. The van der Waals surface area contributed by atoms with E-state index in [-0.39, 0.29) is 18.2 Å². The summed E-state index contributed by atoms with van der Waals surface area (Å²) in [4.78, 5) is 30.3. The Bertz CT molecular complexity index is 962. The summed E-state index contributed by atoms with van der Waals surface area (Å²) in [6, 6.07) is 15.9. The second kappa shape index (κ2) is 8.80. The number of carbonyl (C=O) groups is 2. The molecule has 3 aromatic rings. The number of rotatable bonds is 6. The third-order valence-corrected chi connectivity index (χ3v) is 5.20. The molecular formula is C22H22N2O3S. The van der Waals surface area contributed by atoms with Crippen LogP contribution in [0.15, 0.2) is 53.9 Å². The van der Waals surface area contributed by atoms with Gasteiger partial charge < -0.3 is 9.64 Å². The predicted octanol–water partition coefficient (Wildman–Crippen LogP) is 4.24. The van der Waals surface area contributed by atoms with Crippen molar-refractivity contribution in [2.45, 2.75) is 20.4 Å². The molecule has 0 unspecified atom stereocenters. The van der Waals surface area contributed by atoms with Crippen LogP contribution < -0.4 is 0 Å². The summed E-state index contributed by atoms with van der Waals surface area (Å²) in [6.07, 6.45) is 0. The van der Waals surface area contributed by atoms with E-state index in [9.17, 15) is 9.59 Å². The molecule has 1 heterocycles. The molecule has 0 bridgehead atoms. The SMILES string of the molecule is Cc1ccc(CN(C)C(=O)COC(=O)c2csc(-c3ccc(C)cc3)n2)cc1. The van der Waals surface area contributed by atoms with Gasteiger partial charge in [0.25, 0.3) is 5.91 Å². The topological polar surface area (TPSA) is 59.5 Å².